The van der Waals surface area contributed by atoms with Gasteiger partial charge in [0.2, 0.25) is 11.8 Å². The maximum Gasteiger partial charge on any atom is 0.277 e. The van der Waals surface area contributed by atoms with Gasteiger partial charge in [-0.15, -0.1) is 10.2 Å². The van der Waals surface area contributed by atoms with E-state index >= 15 is 0 Å². The van der Waals surface area contributed by atoms with Crippen molar-refractivity contribution in [3.05, 3.63) is 29.3 Å². The number of amides is 1. The molecule has 21 heavy (non-hydrogen) atoms. The molecule has 2 aromatic rings. The monoisotopic (exact) mass is 325 g/mol. The summed E-state index contributed by atoms with van der Waals surface area (Å²) in [6.45, 7) is 2.78. The summed E-state index contributed by atoms with van der Waals surface area (Å²) in [6, 6.07) is 7.24. The highest BCUT2D eigenvalue weighted by Crippen LogP contribution is 2.28. The molecule has 0 fully saturated rings. The molecule has 0 unspecified atom stereocenters. The average molecular weight is 326 g/mol. The number of unbranched alkanes of at least 4 members (excludes halogenated alkanes) is 1. The molecule has 1 amide bonds. The van der Waals surface area contributed by atoms with E-state index in [1.807, 2.05) is 18.2 Å². The minimum atomic E-state index is -0.0362. The van der Waals surface area contributed by atoms with Crippen LogP contribution in [0.3, 0.4) is 0 Å². The SMILES string of the molecule is CCCCNC(=O)CSc1nnc(-c2ccccc2Cl)o1. The molecule has 7 heteroatoms. The number of hydrogen-bond donors (Lipinski definition) is 1. The van der Waals surface area contributed by atoms with Crippen LogP contribution in [0.2, 0.25) is 5.02 Å². The van der Waals surface area contributed by atoms with E-state index in [9.17, 15) is 4.79 Å². The molecule has 1 N–H and O–H groups in total. The van der Waals surface area contributed by atoms with Crippen LogP contribution in [0.25, 0.3) is 11.5 Å². The van der Waals surface area contributed by atoms with Crippen molar-refractivity contribution >= 4 is 29.3 Å². The van der Waals surface area contributed by atoms with Crippen molar-refractivity contribution in [2.75, 3.05) is 12.3 Å². The molecule has 0 spiro atoms. The third-order valence-electron chi connectivity index (χ3n) is 2.69. The molecule has 0 bridgehead atoms. The first kappa shape index (κ1) is 15.9. The van der Waals surface area contributed by atoms with E-state index in [4.69, 9.17) is 16.0 Å². The predicted octanol–water partition coefficient (Wildman–Crippen LogP) is 3.40. The Morgan fingerprint density at radius 2 is 2.19 bits per heavy atom. The molecule has 1 aromatic heterocycles. The van der Waals surface area contributed by atoms with Crippen molar-refractivity contribution in [1.29, 1.82) is 0 Å². The van der Waals surface area contributed by atoms with Gasteiger partial charge >= 0.3 is 0 Å². The summed E-state index contributed by atoms with van der Waals surface area (Å²) in [5, 5.41) is 11.6. The summed E-state index contributed by atoms with van der Waals surface area (Å²) in [5.74, 6) is 0.578. The summed E-state index contributed by atoms with van der Waals surface area (Å²) in [5.41, 5.74) is 0.686. The second-order valence-electron chi connectivity index (χ2n) is 4.35. The summed E-state index contributed by atoms with van der Waals surface area (Å²) in [6.07, 6.45) is 2.03. The smallest absolute Gasteiger partial charge is 0.277 e. The molecular formula is C14H16ClN3O2S. The highest BCUT2D eigenvalue weighted by atomic mass is 35.5. The number of aromatic nitrogens is 2. The summed E-state index contributed by atoms with van der Waals surface area (Å²) in [4.78, 5) is 11.6. The van der Waals surface area contributed by atoms with Crippen LogP contribution in [-0.2, 0) is 4.79 Å². The first-order chi connectivity index (χ1) is 10.2. The Kier molecular flexibility index (Phi) is 6.07. The van der Waals surface area contributed by atoms with Gasteiger partial charge < -0.3 is 9.73 Å². The molecule has 0 radical (unpaired) electrons. The Morgan fingerprint density at radius 1 is 1.38 bits per heavy atom. The largest absolute Gasteiger partial charge is 0.411 e. The van der Waals surface area contributed by atoms with Crippen LogP contribution >= 0.6 is 23.4 Å². The zero-order valence-corrected chi connectivity index (χ0v) is 13.2. The van der Waals surface area contributed by atoms with Gasteiger partial charge in [0.15, 0.2) is 0 Å². The first-order valence-electron chi connectivity index (χ1n) is 6.68. The van der Waals surface area contributed by atoms with Crippen LogP contribution in [-0.4, -0.2) is 28.4 Å². The zero-order chi connectivity index (χ0) is 15.1. The minimum Gasteiger partial charge on any atom is -0.411 e. The van der Waals surface area contributed by atoms with Gasteiger partial charge in [0.05, 0.1) is 16.3 Å². The molecule has 0 aliphatic rings. The van der Waals surface area contributed by atoms with Gasteiger partial charge in [0, 0.05) is 6.54 Å². The van der Waals surface area contributed by atoms with E-state index in [2.05, 4.69) is 22.4 Å². The van der Waals surface area contributed by atoms with Gasteiger partial charge in [-0.1, -0.05) is 48.8 Å². The van der Waals surface area contributed by atoms with Crippen molar-refractivity contribution < 1.29 is 9.21 Å². The summed E-state index contributed by atoms with van der Waals surface area (Å²) >= 11 is 7.28. The molecule has 1 heterocycles. The number of nitrogens with one attached hydrogen (secondary N) is 1. The van der Waals surface area contributed by atoms with Gasteiger partial charge in [0.25, 0.3) is 5.22 Å². The van der Waals surface area contributed by atoms with E-state index in [-0.39, 0.29) is 11.7 Å². The molecule has 0 saturated carbocycles. The molecular weight excluding hydrogens is 310 g/mol. The van der Waals surface area contributed by atoms with Crippen LogP contribution in [0, 0.1) is 0 Å². The zero-order valence-electron chi connectivity index (χ0n) is 11.6. The Morgan fingerprint density at radius 3 is 2.95 bits per heavy atom. The van der Waals surface area contributed by atoms with Gasteiger partial charge in [-0.25, -0.2) is 0 Å². The quantitative estimate of drug-likeness (QED) is 0.624. The van der Waals surface area contributed by atoms with Crippen molar-refractivity contribution in [2.24, 2.45) is 0 Å². The Hall–Kier alpha value is -1.53. The predicted molar refractivity (Wildman–Crippen MR) is 83.4 cm³/mol. The van der Waals surface area contributed by atoms with Crippen LogP contribution in [0.15, 0.2) is 33.9 Å². The molecule has 0 aliphatic carbocycles. The van der Waals surface area contributed by atoms with Gasteiger partial charge in [0.1, 0.15) is 0 Å². The number of thioether (sulfide) groups is 1. The minimum absolute atomic E-state index is 0.0362. The normalized spacial score (nSPS) is 10.6. The van der Waals surface area contributed by atoms with Gasteiger partial charge in [-0.2, -0.15) is 0 Å². The molecule has 112 valence electrons. The van der Waals surface area contributed by atoms with E-state index in [0.717, 1.165) is 12.8 Å². The highest BCUT2D eigenvalue weighted by molar-refractivity contribution is 7.99. The number of carbonyl (C=O) groups excluding carboxylic acids is 1. The van der Waals surface area contributed by atoms with Crippen LogP contribution < -0.4 is 5.32 Å². The maximum atomic E-state index is 11.6. The van der Waals surface area contributed by atoms with Crippen molar-refractivity contribution in [3.8, 4) is 11.5 Å². The lowest BCUT2D eigenvalue weighted by atomic mass is 10.2. The number of halogens is 1. The molecule has 0 atom stereocenters. The van der Waals surface area contributed by atoms with Crippen molar-refractivity contribution in [2.45, 2.75) is 25.0 Å². The third kappa shape index (κ3) is 4.75. The summed E-state index contributed by atoms with van der Waals surface area (Å²) < 4.78 is 5.50. The van der Waals surface area contributed by atoms with Gasteiger partial charge in [-0.3, -0.25) is 4.79 Å². The van der Waals surface area contributed by atoms with Crippen LogP contribution in [0.4, 0.5) is 0 Å². The van der Waals surface area contributed by atoms with E-state index < -0.39 is 0 Å². The van der Waals surface area contributed by atoms with Crippen LogP contribution in [0.5, 0.6) is 0 Å². The maximum absolute atomic E-state index is 11.6. The fourth-order valence-electron chi connectivity index (χ4n) is 1.59. The third-order valence-corrected chi connectivity index (χ3v) is 3.84. The standard InChI is InChI=1S/C14H16ClN3O2S/c1-2-3-8-16-12(19)9-21-14-18-17-13(20-14)10-6-4-5-7-11(10)15/h4-7H,2-3,8-9H2,1H3,(H,16,19). The molecule has 0 aliphatic heterocycles. The second-order valence-corrected chi connectivity index (χ2v) is 5.68. The lowest BCUT2D eigenvalue weighted by molar-refractivity contribution is -0.118. The van der Waals surface area contributed by atoms with Crippen molar-refractivity contribution in [3.63, 3.8) is 0 Å². The van der Waals surface area contributed by atoms with E-state index in [0.29, 0.717) is 28.2 Å². The Bertz CT molecular complexity index is 603. The number of rotatable bonds is 7. The fourth-order valence-corrected chi connectivity index (χ4v) is 2.40. The van der Waals surface area contributed by atoms with E-state index in [1.54, 1.807) is 6.07 Å². The fraction of sp³-hybridized carbons (Fsp3) is 0.357. The second kappa shape index (κ2) is 8.05. The Balaban J connectivity index is 1.89. The van der Waals surface area contributed by atoms with Crippen LogP contribution in [0.1, 0.15) is 19.8 Å². The molecule has 5 nitrogen and oxygen atoms in total. The molecule has 2 rings (SSSR count). The Labute approximate surface area is 132 Å². The molecule has 0 saturated heterocycles. The molecule has 1 aromatic carbocycles. The lowest BCUT2D eigenvalue weighted by Crippen LogP contribution is -2.25. The average Bonchev–Trinajstić information content (AvgIpc) is 2.94. The number of carbonyl (C=O) groups is 1. The number of hydrogen-bond acceptors (Lipinski definition) is 5. The topological polar surface area (TPSA) is 68.0 Å². The van der Waals surface area contributed by atoms with E-state index in [1.165, 1.54) is 11.8 Å². The highest BCUT2D eigenvalue weighted by Gasteiger charge is 2.12. The van der Waals surface area contributed by atoms with Gasteiger partial charge in [-0.05, 0) is 18.6 Å². The summed E-state index contributed by atoms with van der Waals surface area (Å²) in [7, 11) is 0. The number of benzene rings is 1. The van der Waals surface area contributed by atoms with Crippen molar-refractivity contribution in [1.82, 2.24) is 15.5 Å². The lowest BCUT2D eigenvalue weighted by Gasteiger charge is -2.01. The number of nitrogens with zero attached hydrogens (tertiary/aromatic N) is 2. The first-order valence-corrected chi connectivity index (χ1v) is 8.05.